The molecular formula is C26H39N5O9. The second-order valence-corrected chi connectivity index (χ2v) is 9.62. The number of hydrogen-bond acceptors (Lipinski definition) is 8. The molecule has 222 valence electrons. The first-order valence-corrected chi connectivity index (χ1v) is 12.8. The molecule has 14 heteroatoms. The Kier molecular flexibility index (Phi) is 13.7. The molecule has 7 atom stereocenters. The van der Waals surface area contributed by atoms with E-state index in [-0.39, 0.29) is 6.42 Å². The third kappa shape index (κ3) is 11.0. The quantitative estimate of drug-likeness (QED) is 0.115. The molecule has 0 heterocycles. The second kappa shape index (κ2) is 16.2. The molecule has 0 saturated carbocycles. The maximum atomic E-state index is 13.4. The summed E-state index contributed by atoms with van der Waals surface area (Å²) in [5.74, 6) is -6.37. The number of hydrogen-bond donors (Lipinski definition) is 8. The molecule has 0 aliphatic carbocycles. The van der Waals surface area contributed by atoms with Gasteiger partial charge in [0, 0.05) is 6.42 Å². The highest BCUT2D eigenvalue weighted by Crippen LogP contribution is 2.11. The lowest BCUT2D eigenvalue weighted by atomic mass is 9.96. The Morgan fingerprint density at radius 1 is 0.800 bits per heavy atom. The van der Waals surface area contributed by atoms with Gasteiger partial charge in [0.25, 0.3) is 0 Å². The molecule has 0 aliphatic heterocycles. The van der Waals surface area contributed by atoms with E-state index in [0.29, 0.717) is 12.0 Å². The van der Waals surface area contributed by atoms with Crippen LogP contribution in [0.3, 0.4) is 0 Å². The summed E-state index contributed by atoms with van der Waals surface area (Å²) in [4.78, 5) is 73.7. The van der Waals surface area contributed by atoms with Crippen molar-refractivity contribution in [2.24, 2.45) is 11.7 Å². The van der Waals surface area contributed by atoms with Crippen molar-refractivity contribution in [2.75, 3.05) is 0 Å². The number of carbonyl (C=O) groups is 6. The van der Waals surface area contributed by atoms with Gasteiger partial charge in [-0.1, -0.05) is 50.6 Å². The Hall–Kier alpha value is -4.04. The molecule has 14 nitrogen and oxygen atoms in total. The molecule has 0 radical (unpaired) electrons. The first kappa shape index (κ1) is 34.0. The summed E-state index contributed by atoms with van der Waals surface area (Å²) in [6, 6.07) is 2.05. The van der Waals surface area contributed by atoms with Gasteiger partial charge in [-0.15, -0.1) is 0 Å². The highest BCUT2D eigenvalue weighted by molar-refractivity contribution is 5.96. The van der Waals surface area contributed by atoms with Crippen molar-refractivity contribution in [1.82, 2.24) is 21.3 Å². The van der Waals surface area contributed by atoms with Crippen LogP contribution in [0.5, 0.6) is 0 Å². The Labute approximate surface area is 232 Å². The average Bonchev–Trinajstić information content (AvgIpc) is 2.88. The van der Waals surface area contributed by atoms with Crippen molar-refractivity contribution in [3.05, 3.63) is 35.9 Å². The zero-order valence-corrected chi connectivity index (χ0v) is 22.9. The van der Waals surface area contributed by atoms with Gasteiger partial charge >= 0.3 is 11.9 Å². The van der Waals surface area contributed by atoms with E-state index < -0.39 is 84.2 Å². The van der Waals surface area contributed by atoms with Gasteiger partial charge in [-0.2, -0.15) is 0 Å². The third-order valence-electron chi connectivity index (χ3n) is 6.24. The normalized spacial score (nSPS) is 16.1. The van der Waals surface area contributed by atoms with Crippen LogP contribution in [0.1, 0.15) is 46.1 Å². The lowest BCUT2D eigenvalue weighted by molar-refractivity contribution is -0.145. The number of carboxylic acids is 2. The first-order valence-electron chi connectivity index (χ1n) is 12.8. The molecule has 0 aromatic heterocycles. The maximum Gasteiger partial charge on any atom is 0.328 e. The number of rotatable bonds is 16. The third-order valence-corrected chi connectivity index (χ3v) is 6.24. The summed E-state index contributed by atoms with van der Waals surface area (Å²) in [7, 11) is 0. The van der Waals surface area contributed by atoms with Crippen molar-refractivity contribution >= 4 is 35.6 Å². The molecule has 0 saturated heterocycles. The summed E-state index contributed by atoms with van der Waals surface area (Å²) >= 11 is 0. The van der Waals surface area contributed by atoms with Gasteiger partial charge in [-0.05, 0) is 25.3 Å². The number of nitrogens with two attached hydrogens (primary N) is 1. The summed E-state index contributed by atoms with van der Waals surface area (Å²) in [5.41, 5.74) is 6.18. The van der Waals surface area contributed by atoms with Crippen LogP contribution in [0.25, 0.3) is 0 Å². The van der Waals surface area contributed by atoms with Crippen LogP contribution in [-0.4, -0.2) is 87.2 Å². The Morgan fingerprint density at radius 2 is 1.38 bits per heavy atom. The molecule has 4 amide bonds. The van der Waals surface area contributed by atoms with Gasteiger partial charge in [0.05, 0.1) is 18.6 Å². The van der Waals surface area contributed by atoms with Gasteiger partial charge in [-0.25, -0.2) is 4.79 Å². The number of carbonyl (C=O) groups excluding carboxylic acids is 4. The van der Waals surface area contributed by atoms with Crippen LogP contribution in [0.2, 0.25) is 0 Å². The molecule has 1 rings (SSSR count). The standard InChI is InChI=1S/C26H39N5O9/c1-5-13(2)20(30-22(35)14(3)28-23(36)17(27)12-19(33)34)25(38)29-18(11-16-9-7-6-8-10-16)24(37)31-21(15(4)32)26(39)40/h6-10,13-15,17-18,20-21,32H,5,11-12,27H2,1-4H3,(H,28,36)(H,29,38)(H,30,35)(H,31,37)(H,33,34)(H,39,40)/t13-,14-,15+,17-,18-,20-,21-/m0/s1. The molecule has 40 heavy (non-hydrogen) atoms. The van der Waals surface area contributed by atoms with Crippen molar-refractivity contribution < 1.29 is 44.1 Å². The summed E-state index contributed by atoms with van der Waals surface area (Å²) in [6.45, 7) is 6.01. The molecule has 0 fully saturated rings. The summed E-state index contributed by atoms with van der Waals surface area (Å²) in [6.07, 6.45) is -1.62. The van der Waals surface area contributed by atoms with Crippen LogP contribution in [0.4, 0.5) is 0 Å². The Bertz CT molecular complexity index is 1050. The lowest BCUT2D eigenvalue weighted by Gasteiger charge is -2.28. The first-order chi connectivity index (χ1) is 18.7. The van der Waals surface area contributed by atoms with E-state index in [1.54, 1.807) is 44.2 Å². The highest BCUT2D eigenvalue weighted by atomic mass is 16.4. The van der Waals surface area contributed by atoms with Gasteiger partial charge in [0.2, 0.25) is 23.6 Å². The van der Waals surface area contributed by atoms with Crippen molar-refractivity contribution in [3.63, 3.8) is 0 Å². The van der Waals surface area contributed by atoms with E-state index >= 15 is 0 Å². The number of aliphatic hydroxyl groups is 1. The Balaban J connectivity index is 3.11. The molecule has 1 aromatic rings. The fraction of sp³-hybridized carbons (Fsp3) is 0.538. The largest absolute Gasteiger partial charge is 0.481 e. The number of nitrogens with one attached hydrogen (secondary N) is 4. The van der Waals surface area contributed by atoms with E-state index in [1.807, 2.05) is 0 Å². The Morgan fingerprint density at radius 3 is 1.88 bits per heavy atom. The molecule has 1 aromatic carbocycles. The van der Waals surface area contributed by atoms with Crippen molar-refractivity contribution in [2.45, 2.75) is 83.3 Å². The number of benzene rings is 1. The van der Waals surface area contributed by atoms with Gasteiger partial charge in [-0.3, -0.25) is 24.0 Å². The lowest BCUT2D eigenvalue weighted by Crippen LogP contribution is -2.60. The van der Waals surface area contributed by atoms with E-state index in [2.05, 4.69) is 21.3 Å². The van der Waals surface area contributed by atoms with Crippen LogP contribution in [0.15, 0.2) is 30.3 Å². The number of aliphatic carboxylic acids is 2. The van der Waals surface area contributed by atoms with E-state index in [1.165, 1.54) is 13.8 Å². The smallest absolute Gasteiger partial charge is 0.328 e. The van der Waals surface area contributed by atoms with Crippen LogP contribution in [0, 0.1) is 5.92 Å². The van der Waals surface area contributed by atoms with Crippen molar-refractivity contribution in [1.29, 1.82) is 0 Å². The monoisotopic (exact) mass is 565 g/mol. The molecule has 0 unspecified atom stereocenters. The number of carboxylic acid groups (broad SMARTS) is 2. The minimum Gasteiger partial charge on any atom is -0.481 e. The highest BCUT2D eigenvalue weighted by Gasteiger charge is 2.34. The van der Waals surface area contributed by atoms with Crippen LogP contribution in [-0.2, 0) is 35.2 Å². The zero-order valence-electron chi connectivity index (χ0n) is 22.9. The molecule has 9 N–H and O–H groups in total. The van der Waals surface area contributed by atoms with Gasteiger partial charge in [0.15, 0.2) is 6.04 Å². The minimum atomic E-state index is -1.62. The second-order valence-electron chi connectivity index (χ2n) is 9.62. The predicted octanol–water partition coefficient (Wildman–Crippen LogP) is -1.50. The average molecular weight is 566 g/mol. The maximum absolute atomic E-state index is 13.4. The van der Waals surface area contributed by atoms with E-state index in [9.17, 15) is 39.0 Å². The van der Waals surface area contributed by atoms with Gasteiger partial charge in [0.1, 0.15) is 18.1 Å². The SMILES string of the molecule is CC[C@H](C)[C@H](NC(=O)[C@H](C)NC(=O)[C@@H](N)CC(=O)O)C(=O)N[C@@H](Cc1ccccc1)C(=O)N[C@H](C(=O)O)[C@@H](C)O. The van der Waals surface area contributed by atoms with E-state index in [4.69, 9.17) is 10.8 Å². The summed E-state index contributed by atoms with van der Waals surface area (Å²) in [5, 5.41) is 37.6. The fourth-order valence-corrected chi connectivity index (χ4v) is 3.61. The number of aliphatic hydroxyl groups excluding tert-OH is 1. The topological polar surface area (TPSA) is 237 Å². The molecule has 0 aliphatic rings. The zero-order chi connectivity index (χ0) is 30.6. The molecule has 0 bridgehead atoms. The summed E-state index contributed by atoms with van der Waals surface area (Å²) < 4.78 is 0. The number of amides is 4. The minimum absolute atomic E-state index is 0.0142. The van der Waals surface area contributed by atoms with Crippen molar-refractivity contribution in [3.8, 4) is 0 Å². The van der Waals surface area contributed by atoms with Crippen LogP contribution >= 0.6 is 0 Å². The van der Waals surface area contributed by atoms with Gasteiger partial charge < -0.3 is 42.3 Å². The molecular weight excluding hydrogens is 526 g/mol. The van der Waals surface area contributed by atoms with Crippen LogP contribution < -0.4 is 27.0 Å². The van der Waals surface area contributed by atoms with E-state index in [0.717, 1.165) is 0 Å². The molecule has 0 spiro atoms. The fourth-order valence-electron chi connectivity index (χ4n) is 3.61. The predicted molar refractivity (Wildman–Crippen MR) is 143 cm³/mol.